The van der Waals surface area contributed by atoms with Crippen molar-refractivity contribution in [3.63, 3.8) is 0 Å². The van der Waals surface area contributed by atoms with Gasteiger partial charge in [0.05, 0.1) is 11.9 Å². The van der Waals surface area contributed by atoms with Gasteiger partial charge in [-0.3, -0.25) is 4.79 Å². The van der Waals surface area contributed by atoms with Gasteiger partial charge in [0, 0.05) is 6.92 Å². The molecule has 0 atom stereocenters. The summed E-state index contributed by atoms with van der Waals surface area (Å²) >= 11 is 0. The van der Waals surface area contributed by atoms with E-state index in [1.165, 1.54) is 51.3 Å². The number of nitrogens with two attached hydrogens (primary N) is 1. The van der Waals surface area contributed by atoms with Crippen LogP contribution in [-0.2, 0) is 11.2 Å². The lowest BCUT2D eigenvalue weighted by Crippen LogP contribution is -2.05. The summed E-state index contributed by atoms with van der Waals surface area (Å²) in [6.45, 7) is 21.6. The van der Waals surface area contributed by atoms with Gasteiger partial charge in [-0.15, -0.1) is 0 Å². The van der Waals surface area contributed by atoms with Crippen molar-refractivity contribution in [2.75, 3.05) is 5.73 Å². The topological polar surface area (TPSA) is 85.9 Å². The molecular weight excluding hydrogens is 422 g/mol. The van der Waals surface area contributed by atoms with Gasteiger partial charge >= 0.3 is 0 Å². The van der Waals surface area contributed by atoms with Crippen molar-refractivity contribution in [2.45, 2.75) is 108 Å². The van der Waals surface area contributed by atoms with Crippen LogP contribution < -0.4 is 5.73 Å². The predicted octanol–water partition coefficient (Wildman–Crippen LogP) is 8.30. The number of Topliss-reactive ketones (excluding diaryl/α,β-unsaturated/α-hetero) is 1. The zero-order valence-electron chi connectivity index (χ0n) is 23.9. The molecule has 0 fully saturated rings. The first-order valence-electron chi connectivity index (χ1n) is 12.8. The number of nitrogen functional groups attached to an aromatic ring is 1. The number of aryl methyl sites for hydroxylation is 2. The molecule has 0 unspecified atom stereocenters. The van der Waals surface area contributed by atoms with Crippen LogP contribution in [0.5, 0.6) is 0 Å². The van der Waals surface area contributed by atoms with Gasteiger partial charge < -0.3 is 10.5 Å². The third-order valence-electron chi connectivity index (χ3n) is 4.09. The van der Waals surface area contributed by atoms with Crippen molar-refractivity contribution in [3.05, 3.63) is 53.6 Å². The first kappa shape index (κ1) is 38.7. The quantitative estimate of drug-likeness (QED) is 0.335. The van der Waals surface area contributed by atoms with Crippen molar-refractivity contribution < 1.29 is 9.59 Å². The lowest BCUT2D eigenvalue weighted by Gasteiger charge is -2.05. The van der Waals surface area contributed by atoms with Crippen molar-refractivity contribution in [3.8, 4) is 0 Å². The molecule has 0 aliphatic carbocycles. The number of aromatic nitrogens is 2. The third kappa shape index (κ3) is 25.7. The SMILES string of the molecule is CC.CC.CC(=O)c1nc(C)ncc1N.CC=O.CCCC(C)CCC.CCc1ccccc1. The highest BCUT2D eigenvalue weighted by atomic mass is 16.1. The average Bonchev–Trinajstić information content (AvgIpc) is 2.85. The molecule has 0 bridgehead atoms. The summed E-state index contributed by atoms with van der Waals surface area (Å²) in [6.07, 6.45) is 8.85. The smallest absolute Gasteiger partial charge is 0.180 e. The fourth-order valence-electron chi connectivity index (χ4n) is 2.60. The summed E-state index contributed by atoms with van der Waals surface area (Å²) in [5, 5.41) is 0. The number of aldehydes is 1. The molecule has 0 aliphatic heterocycles. The van der Waals surface area contributed by atoms with Crippen LogP contribution in [0, 0.1) is 12.8 Å². The molecule has 0 radical (unpaired) electrons. The standard InChI is InChI=1S/C8H10.C8H18.C7H9N3O.C2H4O.2C2H6/c1-2-8-6-4-3-5-7-8;1-4-6-8(3)7-5-2;1-4(11)7-6(8)3-9-5(2)10-7;1-2-3;2*1-2/h3-7H,2H2,1H3;8H,4-7H2,1-3H3;3H,8H2,1-2H3;2H,1H3;2*1-2H3. The Morgan fingerprint density at radius 1 is 1.00 bits per heavy atom. The van der Waals surface area contributed by atoms with Gasteiger partial charge in [0.15, 0.2) is 5.78 Å². The van der Waals surface area contributed by atoms with Crippen LogP contribution in [-0.4, -0.2) is 22.0 Å². The second kappa shape index (κ2) is 30.4. The number of nitrogens with zero attached hydrogens (tertiary/aromatic N) is 2. The highest BCUT2D eigenvalue weighted by Gasteiger charge is 2.05. The van der Waals surface area contributed by atoms with Gasteiger partial charge in [0.25, 0.3) is 0 Å². The second-order valence-electron chi connectivity index (χ2n) is 7.03. The summed E-state index contributed by atoms with van der Waals surface area (Å²) in [6, 6.07) is 10.5. The average molecular weight is 476 g/mol. The lowest BCUT2D eigenvalue weighted by molar-refractivity contribution is -0.106. The molecule has 34 heavy (non-hydrogen) atoms. The van der Waals surface area contributed by atoms with Gasteiger partial charge in [-0.25, -0.2) is 9.97 Å². The van der Waals surface area contributed by atoms with E-state index in [-0.39, 0.29) is 5.78 Å². The number of carbonyl (C=O) groups is 2. The molecule has 5 heteroatoms. The summed E-state index contributed by atoms with van der Waals surface area (Å²) in [5.74, 6) is 1.39. The van der Waals surface area contributed by atoms with E-state index in [1.807, 2.05) is 33.8 Å². The van der Waals surface area contributed by atoms with Crippen LogP contribution in [0.4, 0.5) is 5.69 Å². The number of carbonyl (C=O) groups excluding carboxylic acids is 2. The Labute approximate surface area is 211 Å². The fourth-order valence-corrected chi connectivity index (χ4v) is 2.60. The second-order valence-corrected chi connectivity index (χ2v) is 7.03. The van der Waals surface area contributed by atoms with E-state index in [0.717, 1.165) is 18.6 Å². The van der Waals surface area contributed by atoms with E-state index in [4.69, 9.17) is 10.5 Å². The van der Waals surface area contributed by atoms with Crippen LogP contribution in [0.3, 0.4) is 0 Å². The highest BCUT2D eigenvalue weighted by molar-refractivity contribution is 5.96. The number of rotatable bonds is 6. The van der Waals surface area contributed by atoms with Gasteiger partial charge in [-0.05, 0) is 31.7 Å². The number of hydrogen-bond acceptors (Lipinski definition) is 5. The molecule has 1 aromatic carbocycles. The molecule has 2 N–H and O–H groups in total. The minimum atomic E-state index is -0.131. The van der Waals surface area contributed by atoms with Gasteiger partial charge in [-0.1, -0.05) is 111 Å². The monoisotopic (exact) mass is 475 g/mol. The maximum Gasteiger partial charge on any atom is 0.180 e. The minimum absolute atomic E-state index is 0.131. The summed E-state index contributed by atoms with van der Waals surface area (Å²) in [7, 11) is 0. The first-order chi connectivity index (χ1) is 16.3. The van der Waals surface area contributed by atoms with E-state index >= 15 is 0 Å². The number of ketones is 1. The molecule has 0 saturated heterocycles. The normalized spacial score (nSPS) is 8.47. The van der Waals surface area contributed by atoms with Crippen LogP contribution in [0.2, 0.25) is 0 Å². The Morgan fingerprint density at radius 3 is 1.74 bits per heavy atom. The minimum Gasteiger partial charge on any atom is -0.396 e. The molecule has 2 rings (SSSR count). The maximum absolute atomic E-state index is 10.8. The third-order valence-corrected chi connectivity index (χ3v) is 4.09. The Morgan fingerprint density at radius 2 is 1.44 bits per heavy atom. The molecule has 2 aromatic rings. The zero-order chi connectivity index (χ0) is 27.4. The van der Waals surface area contributed by atoms with Gasteiger partial charge in [0.1, 0.15) is 17.8 Å². The van der Waals surface area contributed by atoms with Crippen LogP contribution >= 0.6 is 0 Å². The van der Waals surface area contributed by atoms with E-state index in [0.29, 0.717) is 17.2 Å². The van der Waals surface area contributed by atoms with E-state index in [9.17, 15) is 4.79 Å². The Hall–Kier alpha value is -2.56. The molecule has 196 valence electrons. The summed E-state index contributed by atoms with van der Waals surface area (Å²) < 4.78 is 0. The largest absolute Gasteiger partial charge is 0.396 e. The van der Waals surface area contributed by atoms with Crippen LogP contribution in [0.25, 0.3) is 0 Å². The van der Waals surface area contributed by atoms with E-state index in [2.05, 4.69) is 61.9 Å². The zero-order valence-corrected chi connectivity index (χ0v) is 23.9. The molecule has 0 amide bonds. The predicted molar refractivity (Wildman–Crippen MR) is 150 cm³/mol. The Bertz CT molecular complexity index is 683. The van der Waals surface area contributed by atoms with E-state index < -0.39 is 0 Å². The Balaban J connectivity index is -0.000000177. The van der Waals surface area contributed by atoms with E-state index in [1.54, 1.807) is 6.92 Å². The first-order valence-corrected chi connectivity index (χ1v) is 12.8. The van der Waals surface area contributed by atoms with Crippen molar-refractivity contribution >= 4 is 17.8 Å². The van der Waals surface area contributed by atoms with Crippen molar-refractivity contribution in [1.29, 1.82) is 0 Å². The number of hydrogen-bond donors (Lipinski definition) is 1. The van der Waals surface area contributed by atoms with Gasteiger partial charge in [0.2, 0.25) is 0 Å². The number of anilines is 1. The molecule has 0 aliphatic rings. The molecular formula is C29H53N3O2. The van der Waals surface area contributed by atoms with Gasteiger partial charge in [-0.2, -0.15) is 0 Å². The Kier molecular flexibility index (Phi) is 34.6. The number of benzene rings is 1. The highest BCUT2D eigenvalue weighted by Crippen LogP contribution is 2.10. The maximum atomic E-state index is 10.8. The lowest BCUT2D eigenvalue weighted by atomic mass is 10.0. The van der Waals surface area contributed by atoms with Crippen LogP contribution in [0.15, 0.2) is 36.5 Å². The summed E-state index contributed by atoms with van der Waals surface area (Å²) in [5.41, 5.74) is 7.49. The fraction of sp³-hybridized carbons (Fsp3) is 0.586. The molecule has 1 heterocycles. The van der Waals surface area contributed by atoms with Crippen molar-refractivity contribution in [2.24, 2.45) is 5.92 Å². The summed E-state index contributed by atoms with van der Waals surface area (Å²) in [4.78, 5) is 27.4. The van der Waals surface area contributed by atoms with Crippen LogP contribution in [0.1, 0.15) is 117 Å². The molecule has 0 spiro atoms. The molecule has 0 saturated carbocycles. The van der Waals surface area contributed by atoms with Crippen molar-refractivity contribution in [1.82, 2.24) is 9.97 Å². The molecule has 1 aromatic heterocycles. The molecule has 5 nitrogen and oxygen atoms in total.